The van der Waals surface area contributed by atoms with Gasteiger partial charge in [-0.25, -0.2) is 0 Å². The number of furan rings is 1. The lowest BCUT2D eigenvalue weighted by molar-refractivity contribution is -0.161. The first-order valence-electron chi connectivity index (χ1n) is 7.27. The summed E-state index contributed by atoms with van der Waals surface area (Å²) in [5.74, 6) is -1.37. The average Bonchev–Trinajstić information content (AvgIpc) is 3.01. The van der Waals surface area contributed by atoms with Crippen molar-refractivity contribution < 1.29 is 27.2 Å². The fourth-order valence-corrected chi connectivity index (χ4v) is 2.11. The third-order valence-corrected chi connectivity index (χ3v) is 3.13. The van der Waals surface area contributed by atoms with Crippen LogP contribution in [0.1, 0.15) is 18.7 Å². The van der Waals surface area contributed by atoms with Gasteiger partial charge in [-0.15, -0.1) is 0 Å². The Morgan fingerprint density at radius 2 is 1.72 bits per heavy atom. The summed E-state index contributed by atoms with van der Waals surface area (Å²) < 4.78 is 44.0. The molecule has 2 rings (SSSR count). The minimum absolute atomic E-state index is 0.283. The van der Waals surface area contributed by atoms with E-state index in [9.17, 15) is 22.8 Å². The van der Waals surface area contributed by atoms with Crippen LogP contribution in [0, 0.1) is 0 Å². The first-order valence-corrected chi connectivity index (χ1v) is 7.27. The minimum Gasteiger partial charge on any atom is -0.467 e. The molecule has 0 aliphatic heterocycles. The maximum absolute atomic E-state index is 13.1. The zero-order valence-electron chi connectivity index (χ0n) is 13.2. The van der Waals surface area contributed by atoms with Crippen LogP contribution >= 0.6 is 0 Å². The molecule has 1 aromatic heterocycles. The zero-order valence-corrected chi connectivity index (χ0v) is 13.2. The number of benzene rings is 1. The SMILES string of the molecule is CC(=O)Nc1ccccc1NC(=O)CNC(c1ccco1)C(F)(F)F. The number of hydrogen-bond acceptors (Lipinski definition) is 4. The molecule has 0 bridgehead atoms. The number of hydrogen-bond donors (Lipinski definition) is 3. The van der Waals surface area contributed by atoms with E-state index in [0.717, 1.165) is 6.26 Å². The summed E-state index contributed by atoms with van der Waals surface area (Å²) >= 11 is 0. The van der Waals surface area contributed by atoms with Crippen molar-refractivity contribution in [1.82, 2.24) is 5.32 Å². The predicted molar refractivity (Wildman–Crippen MR) is 84.9 cm³/mol. The van der Waals surface area contributed by atoms with Gasteiger partial charge in [0.15, 0.2) is 6.04 Å². The van der Waals surface area contributed by atoms with E-state index in [0.29, 0.717) is 5.69 Å². The highest BCUT2D eigenvalue weighted by Gasteiger charge is 2.42. The Labute approximate surface area is 141 Å². The molecule has 0 aliphatic rings. The van der Waals surface area contributed by atoms with Crippen molar-refractivity contribution in [2.75, 3.05) is 17.2 Å². The highest BCUT2D eigenvalue weighted by molar-refractivity contribution is 5.99. The third kappa shape index (κ3) is 5.35. The van der Waals surface area contributed by atoms with Crippen LogP contribution in [-0.4, -0.2) is 24.5 Å². The maximum Gasteiger partial charge on any atom is 0.411 e. The van der Waals surface area contributed by atoms with Crippen LogP contribution in [-0.2, 0) is 9.59 Å². The Kier molecular flexibility index (Phi) is 5.81. The van der Waals surface area contributed by atoms with Crippen LogP contribution in [0.2, 0.25) is 0 Å². The van der Waals surface area contributed by atoms with Crippen LogP contribution in [0.15, 0.2) is 47.1 Å². The maximum atomic E-state index is 13.1. The molecular weight excluding hydrogens is 339 g/mol. The molecule has 1 aromatic carbocycles. The van der Waals surface area contributed by atoms with Gasteiger partial charge < -0.3 is 15.1 Å². The van der Waals surface area contributed by atoms with Crippen molar-refractivity contribution in [2.45, 2.75) is 19.1 Å². The Balaban J connectivity index is 2.02. The van der Waals surface area contributed by atoms with Gasteiger partial charge in [-0.3, -0.25) is 14.9 Å². The number of anilines is 2. The molecule has 9 heteroatoms. The first kappa shape index (κ1) is 18.5. The molecule has 0 fully saturated rings. The van der Waals surface area contributed by atoms with Crippen molar-refractivity contribution in [1.29, 1.82) is 0 Å². The van der Waals surface area contributed by atoms with Gasteiger partial charge in [-0.2, -0.15) is 13.2 Å². The number of amides is 2. The van der Waals surface area contributed by atoms with Gasteiger partial charge in [0.1, 0.15) is 5.76 Å². The molecule has 6 nitrogen and oxygen atoms in total. The van der Waals surface area contributed by atoms with Crippen molar-refractivity contribution in [3.8, 4) is 0 Å². The third-order valence-electron chi connectivity index (χ3n) is 3.13. The van der Waals surface area contributed by atoms with Crippen molar-refractivity contribution in [3.05, 3.63) is 48.4 Å². The van der Waals surface area contributed by atoms with Crippen LogP contribution in [0.4, 0.5) is 24.5 Å². The largest absolute Gasteiger partial charge is 0.467 e. The summed E-state index contributed by atoms with van der Waals surface area (Å²) in [6, 6.07) is 6.77. The van der Waals surface area contributed by atoms with Crippen LogP contribution in [0.25, 0.3) is 0 Å². The molecule has 0 saturated carbocycles. The van der Waals surface area contributed by atoms with E-state index < -0.39 is 24.7 Å². The number of para-hydroxylation sites is 2. The van der Waals surface area contributed by atoms with Gasteiger partial charge in [0.2, 0.25) is 11.8 Å². The normalized spacial score (nSPS) is 12.5. The fraction of sp³-hybridized carbons (Fsp3) is 0.250. The van der Waals surface area contributed by atoms with E-state index in [1.54, 1.807) is 18.2 Å². The monoisotopic (exact) mass is 355 g/mol. The Morgan fingerprint density at radius 1 is 1.08 bits per heavy atom. The van der Waals surface area contributed by atoms with E-state index >= 15 is 0 Å². The second kappa shape index (κ2) is 7.84. The topological polar surface area (TPSA) is 83.4 Å². The number of alkyl halides is 3. The summed E-state index contributed by atoms with van der Waals surface area (Å²) in [5.41, 5.74) is 0.632. The second-order valence-electron chi connectivity index (χ2n) is 5.15. The minimum atomic E-state index is -4.62. The van der Waals surface area contributed by atoms with Gasteiger partial charge >= 0.3 is 6.18 Å². The number of nitrogens with one attached hydrogen (secondary N) is 3. The highest BCUT2D eigenvalue weighted by Crippen LogP contribution is 2.32. The molecule has 2 amide bonds. The molecule has 1 unspecified atom stereocenters. The molecule has 0 saturated heterocycles. The average molecular weight is 355 g/mol. The van der Waals surface area contributed by atoms with Gasteiger partial charge in [-0.1, -0.05) is 12.1 Å². The van der Waals surface area contributed by atoms with E-state index in [4.69, 9.17) is 4.42 Å². The zero-order chi connectivity index (χ0) is 18.4. The van der Waals surface area contributed by atoms with E-state index in [1.807, 2.05) is 0 Å². The molecule has 25 heavy (non-hydrogen) atoms. The molecule has 0 aliphatic carbocycles. The lowest BCUT2D eigenvalue weighted by Crippen LogP contribution is -2.38. The molecule has 2 aromatic rings. The van der Waals surface area contributed by atoms with E-state index in [2.05, 4.69) is 16.0 Å². The standard InChI is InChI=1S/C16H16F3N3O3/c1-10(23)21-11-5-2-3-6-12(11)22-14(24)9-20-15(16(17,18)19)13-7-4-8-25-13/h2-8,15,20H,9H2,1H3,(H,21,23)(H,22,24). The number of carbonyl (C=O) groups is 2. The lowest BCUT2D eigenvalue weighted by Gasteiger charge is -2.19. The van der Waals surface area contributed by atoms with Crippen LogP contribution in [0.3, 0.4) is 0 Å². The molecule has 0 radical (unpaired) electrons. The van der Waals surface area contributed by atoms with Gasteiger partial charge in [0.05, 0.1) is 24.2 Å². The van der Waals surface area contributed by atoms with Gasteiger partial charge in [0, 0.05) is 6.92 Å². The Hall–Kier alpha value is -2.81. The molecule has 1 heterocycles. The fourth-order valence-electron chi connectivity index (χ4n) is 2.11. The first-order chi connectivity index (χ1) is 11.8. The molecular formula is C16H16F3N3O3. The van der Waals surface area contributed by atoms with Gasteiger partial charge in [-0.05, 0) is 24.3 Å². The van der Waals surface area contributed by atoms with E-state index in [-0.39, 0.29) is 17.4 Å². The molecule has 1 atom stereocenters. The number of rotatable bonds is 6. The second-order valence-corrected chi connectivity index (χ2v) is 5.15. The number of carbonyl (C=O) groups excluding carboxylic acids is 2. The highest BCUT2D eigenvalue weighted by atomic mass is 19.4. The van der Waals surface area contributed by atoms with Crippen molar-refractivity contribution in [3.63, 3.8) is 0 Å². The summed E-state index contributed by atoms with van der Waals surface area (Å²) in [7, 11) is 0. The van der Waals surface area contributed by atoms with Crippen molar-refractivity contribution >= 4 is 23.2 Å². The quantitative estimate of drug-likeness (QED) is 0.744. The summed E-state index contributed by atoms with van der Waals surface area (Å²) in [4.78, 5) is 23.1. The predicted octanol–water partition coefficient (Wildman–Crippen LogP) is 3.07. The van der Waals surface area contributed by atoms with Crippen LogP contribution < -0.4 is 16.0 Å². The number of halogens is 3. The summed E-state index contributed by atoms with van der Waals surface area (Å²) in [5, 5.41) is 7.10. The van der Waals surface area contributed by atoms with E-state index in [1.165, 1.54) is 25.1 Å². The Morgan fingerprint density at radius 3 is 2.24 bits per heavy atom. The Bertz CT molecular complexity index is 730. The molecule has 3 N–H and O–H groups in total. The lowest BCUT2D eigenvalue weighted by atomic mass is 10.2. The molecule has 0 spiro atoms. The van der Waals surface area contributed by atoms with Crippen molar-refractivity contribution in [2.24, 2.45) is 0 Å². The molecule has 134 valence electrons. The summed E-state index contributed by atoms with van der Waals surface area (Å²) in [6.45, 7) is 0.705. The summed E-state index contributed by atoms with van der Waals surface area (Å²) in [6.07, 6.45) is -3.49. The van der Waals surface area contributed by atoms with Crippen LogP contribution in [0.5, 0.6) is 0 Å². The smallest absolute Gasteiger partial charge is 0.411 e. The van der Waals surface area contributed by atoms with Gasteiger partial charge in [0.25, 0.3) is 0 Å².